The van der Waals surface area contributed by atoms with Crippen LogP contribution < -0.4 is 10.6 Å². The number of thiocarbonyl (C=S) groups is 1. The normalized spacial score (nSPS) is 10.6. The molecule has 1 amide bonds. The molecule has 7 heteroatoms. The number of halogens is 1. The first-order chi connectivity index (χ1) is 11.4. The van der Waals surface area contributed by atoms with Crippen LogP contribution in [0, 0.1) is 19.7 Å². The first kappa shape index (κ1) is 16.5. The van der Waals surface area contributed by atoms with Gasteiger partial charge in [-0.1, -0.05) is 29.5 Å². The molecule has 0 bridgehead atoms. The highest BCUT2D eigenvalue weighted by atomic mass is 32.1. The number of fused-ring (bicyclic) bond motifs is 1. The number of hydrogen-bond acceptors (Lipinski definition) is 4. The summed E-state index contributed by atoms with van der Waals surface area (Å²) in [6, 6.07) is 9.85. The largest absolute Gasteiger partial charge is 0.308 e. The minimum atomic E-state index is -0.598. The minimum Gasteiger partial charge on any atom is -0.308 e. The minimum absolute atomic E-state index is 0.0579. The van der Waals surface area contributed by atoms with E-state index in [1.807, 2.05) is 19.9 Å². The molecule has 0 saturated carbocycles. The van der Waals surface area contributed by atoms with E-state index in [0.29, 0.717) is 5.13 Å². The van der Waals surface area contributed by atoms with E-state index < -0.39 is 11.7 Å². The molecule has 2 aromatic carbocycles. The molecule has 0 saturated heterocycles. The third-order valence-electron chi connectivity index (χ3n) is 3.40. The van der Waals surface area contributed by atoms with Gasteiger partial charge in [0.15, 0.2) is 10.2 Å². The van der Waals surface area contributed by atoms with Gasteiger partial charge in [-0.25, -0.2) is 9.37 Å². The highest BCUT2D eigenvalue weighted by Crippen LogP contribution is 2.29. The Bertz CT molecular complexity index is 952. The number of anilines is 1. The zero-order valence-corrected chi connectivity index (χ0v) is 14.6. The lowest BCUT2D eigenvalue weighted by molar-refractivity contribution is 0.0974. The van der Waals surface area contributed by atoms with E-state index in [2.05, 4.69) is 21.7 Å². The smallest absolute Gasteiger partial charge is 0.260 e. The van der Waals surface area contributed by atoms with Gasteiger partial charge in [-0.2, -0.15) is 0 Å². The van der Waals surface area contributed by atoms with Gasteiger partial charge >= 0.3 is 0 Å². The van der Waals surface area contributed by atoms with Gasteiger partial charge in [0.1, 0.15) is 5.82 Å². The van der Waals surface area contributed by atoms with Crippen molar-refractivity contribution in [3.8, 4) is 0 Å². The van der Waals surface area contributed by atoms with E-state index in [9.17, 15) is 9.18 Å². The molecule has 3 aromatic rings. The molecule has 0 spiro atoms. The second-order valence-corrected chi connectivity index (χ2v) is 6.77. The summed E-state index contributed by atoms with van der Waals surface area (Å²) in [6.45, 7) is 4.02. The van der Waals surface area contributed by atoms with Crippen molar-refractivity contribution in [1.82, 2.24) is 10.3 Å². The van der Waals surface area contributed by atoms with Crippen LogP contribution in [0.5, 0.6) is 0 Å². The van der Waals surface area contributed by atoms with Crippen LogP contribution in [-0.2, 0) is 0 Å². The highest BCUT2D eigenvalue weighted by molar-refractivity contribution is 7.80. The number of aromatic nitrogens is 1. The van der Waals surface area contributed by atoms with Crippen LogP contribution in [0.15, 0.2) is 36.4 Å². The van der Waals surface area contributed by atoms with E-state index in [4.69, 9.17) is 12.2 Å². The summed E-state index contributed by atoms with van der Waals surface area (Å²) in [5, 5.41) is 6.01. The van der Waals surface area contributed by atoms with Gasteiger partial charge in [-0.15, -0.1) is 0 Å². The Labute approximate surface area is 147 Å². The van der Waals surface area contributed by atoms with Gasteiger partial charge in [0, 0.05) is 0 Å². The first-order valence-electron chi connectivity index (χ1n) is 7.18. The molecule has 1 aromatic heterocycles. The van der Waals surface area contributed by atoms with Crippen molar-refractivity contribution in [3.63, 3.8) is 0 Å². The van der Waals surface area contributed by atoms with Crippen LogP contribution in [0.1, 0.15) is 21.5 Å². The summed E-state index contributed by atoms with van der Waals surface area (Å²) < 4.78 is 14.6. The Morgan fingerprint density at radius 3 is 2.75 bits per heavy atom. The monoisotopic (exact) mass is 359 g/mol. The van der Waals surface area contributed by atoms with Crippen molar-refractivity contribution in [1.29, 1.82) is 0 Å². The van der Waals surface area contributed by atoms with E-state index >= 15 is 0 Å². The lowest BCUT2D eigenvalue weighted by Gasteiger charge is -2.07. The summed E-state index contributed by atoms with van der Waals surface area (Å²) in [4.78, 5) is 16.5. The van der Waals surface area contributed by atoms with Crippen LogP contribution >= 0.6 is 23.6 Å². The average Bonchev–Trinajstić information content (AvgIpc) is 2.89. The van der Waals surface area contributed by atoms with Crippen molar-refractivity contribution >= 4 is 49.9 Å². The predicted molar refractivity (Wildman–Crippen MR) is 99.2 cm³/mol. The fraction of sp³-hybridized carbons (Fsp3) is 0.118. The second kappa shape index (κ2) is 6.62. The quantitative estimate of drug-likeness (QED) is 0.674. The van der Waals surface area contributed by atoms with Crippen molar-refractivity contribution in [3.05, 3.63) is 58.9 Å². The van der Waals surface area contributed by atoms with Crippen LogP contribution in [0.3, 0.4) is 0 Å². The predicted octanol–water partition coefficient (Wildman–Crippen LogP) is 4.18. The zero-order chi connectivity index (χ0) is 17.3. The third-order valence-corrected chi connectivity index (χ3v) is 4.52. The molecule has 24 heavy (non-hydrogen) atoms. The van der Waals surface area contributed by atoms with Gasteiger partial charge < -0.3 is 5.32 Å². The molecule has 3 rings (SSSR count). The standard InChI is InChI=1S/C17H14FN3OS2/c1-9-7-10(2)14-13(8-9)24-17(19-14)21-16(23)20-15(22)11-5-3-4-6-12(11)18/h3-8H,1-2H3,(H2,19,20,21,22,23). The number of nitrogens with zero attached hydrogens (tertiary/aromatic N) is 1. The Balaban J connectivity index is 1.74. The van der Waals surface area contributed by atoms with Crippen LogP contribution in [0.25, 0.3) is 10.2 Å². The number of aryl methyl sites for hydroxylation is 2. The number of benzene rings is 2. The number of rotatable bonds is 2. The Hall–Kier alpha value is -2.38. The molecule has 1 heterocycles. The van der Waals surface area contributed by atoms with Crippen LogP contribution in [-0.4, -0.2) is 16.0 Å². The highest BCUT2D eigenvalue weighted by Gasteiger charge is 2.13. The van der Waals surface area contributed by atoms with Gasteiger partial charge in [-0.05, 0) is 55.4 Å². The fourth-order valence-corrected chi connectivity index (χ4v) is 3.67. The average molecular weight is 359 g/mol. The number of nitrogens with one attached hydrogen (secondary N) is 2. The summed E-state index contributed by atoms with van der Waals surface area (Å²) in [7, 11) is 0. The lowest BCUT2D eigenvalue weighted by atomic mass is 10.1. The number of amides is 1. The van der Waals surface area contributed by atoms with E-state index in [1.54, 1.807) is 6.07 Å². The molecule has 0 aliphatic carbocycles. The molecule has 0 unspecified atom stereocenters. The van der Waals surface area contributed by atoms with Crippen molar-refractivity contribution in [2.45, 2.75) is 13.8 Å². The summed E-state index contributed by atoms with van der Waals surface area (Å²) in [6.07, 6.45) is 0. The molecule has 0 radical (unpaired) electrons. The number of hydrogen-bond donors (Lipinski definition) is 2. The molecule has 122 valence electrons. The van der Waals surface area contributed by atoms with E-state index in [-0.39, 0.29) is 10.7 Å². The molecule has 4 nitrogen and oxygen atoms in total. The van der Waals surface area contributed by atoms with Crippen molar-refractivity contribution in [2.24, 2.45) is 0 Å². The Morgan fingerprint density at radius 2 is 2.00 bits per heavy atom. The van der Waals surface area contributed by atoms with Gasteiger partial charge in [0.05, 0.1) is 15.8 Å². The second-order valence-electron chi connectivity index (χ2n) is 5.34. The molecule has 2 N–H and O–H groups in total. The van der Waals surface area contributed by atoms with Crippen molar-refractivity contribution < 1.29 is 9.18 Å². The fourth-order valence-electron chi connectivity index (χ4n) is 2.37. The van der Waals surface area contributed by atoms with Gasteiger partial charge in [0.25, 0.3) is 5.91 Å². The number of thiazole rings is 1. The third kappa shape index (κ3) is 3.42. The lowest BCUT2D eigenvalue weighted by Crippen LogP contribution is -2.34. The van der Waals surface area contributed by atoms with E-state index in [1.165, 1.54) is 29.5 Å². The summed E-state index contributed by atoms with van der Waals surface area (Å²) in [5.41, 5.74) is 3.08. The molecule has 0 aliphatic heterocycles. The molecule has 0 atom stereocenters. The topological polar surface area (TPSA) is 54.0 Å². The maximum atomic E-state index is 13.6. The zero-order valence-electron chi connectivity index (χ0n) is 13.0. The maximum absolute atomic E-state index is 13.6. The Morgan fingerprint density at radius 1 is 1.25 bits per heavy atom. The first-order valence-corrected chi connectivity index (χ1v) is 8.41. The maximum Gasteiger partial charge on any atom is 0.260 e. The van der Waals surface area contributed by atoms with Gasteiger partial charge in [-0.3, -0.25) is 10.1 Å². The SMILES string of the molecule is Cc1cc(C)c2nc(NC(=S)NC(=O)c3ccccc3F)sc2c1. The summed E-state index contributed by atoms with van der Waals surface area (Å²) >= 11 is 6.56. The van der Waals surface area contributed by atoms with Gasteiger partial charge in [0.2, 0.25) is 0 Å². The summed E-state index contributed by atoms with van der Waals surface area (Å²) in [5.74, 6) is -1.19. The van der Waals surface area contributed by atoms with Crippen molar-refractivity contribution in [2.75, 3.05) is 5.32 Å². The molecular weight excluding hydrogens is 345 g/mol. The van der Waals surface area contributed by atoms with Crippen LogP contribution in [0.4, 0.5) is 9.52 Å². The number of carbonyl (C=O) groups excluding carboxylic acids is 1. The van der Waals surface area contributed by atoms with Crippen LogP contribution in [0.2, 0.25) is 0 Å². The Kier molecular flexibility index (Phi) is 4.55. The van der Waals surface area contributed by atoms with E-state index in [0.717, 1.165) is 21.3 Å². The molecular formula is C17H14FN3OS2. The number of carbonyl (C=O) groups is 1. The molecule has 0 fully saturated rings. The molecule has 0 aliphatic rings.